The second kappa shape index (κ2) is 9.59. The molecule has 31 heavy (non-hydrogen) atoms. The summed E-state index contributed by atoms with van der Waals surface area (Å²) in [6, 6.07) is 22.9. The molecule has 0 aliphatic heterocycles. The van der Waals surface area contributed by atoms with Gasteiger partial charge in [-0.15, -0.1) is 0 Å². The highest BCUT2D eigenvalue weighted by molar-refractivity contribution is 7.71. The quantitative estimate of drug-likeness (QED) is 0.288. The van der Waals surface area contributed by atoms with Crippen LogP contribution in [0.25, 0.3) is 11.4 Å². The number of halogens is 1. The maximum atomic E-state index is 5.98. The van der Waals surface area contributed by atoms with Gasteiger partial charge in [-0.2, -0.15) is 14.9 Å². The summed E-state index contributed by atoms with van der Waals surface area (Å²) in [4.78, 5) is 0. The summed E-state index contributed by atoms with van der Waals surface area (Å²) in [5, 5.41) is 12.2. The van der Waals surface area contributed by atoms with E-state index >= 15 is 0 Å². The zero-order valence-electron chi connectivity index (χ0n) is 16.7. The highest BCUT2D eigenvalue weighted by Crippen LogP contribution is 2.28. The lowest BCUT2D eigenvalue weighted by Gasteiger charge is -2.11. The molecule has 0 saturated heterocycles. The second-order valence-corrected chi connectivity index (χ2v) is 7.42. The van der Waals surface area contributed by atoms with Crippen molar-refractivity contribution in [2.75, 3.05) is 7.11 Å². The average molecular weight is 451 g/mol. The van der Waals surface area contributed by atoms with Crippen LogP contribution < -0.4 is 9.47 Å². The van der Waals surface area contributed by atoms with E-state index in [0.29, 0.717) is 33.7 Å². The lowest BCUT2D eigenvalue weighted by atomic mass is 10.2. The number of aromatic nitrogens is 3. The molecular weight excluding hydrogens is 432 g/mol. The van der Waals surface area contributed by atoms with Gasteiger partial charge in [-0.3, -0.25) is 0 Å². The van der Waals surface area contributed by atoms with Gasteiger partial charge in [0.1, 0.15) is 6.61 Å². The first kappa shape index (κ1) is 20.8. The maximum absolute atomic E-state index is 5.98. The normalized spacial score (nSPS) is 11.0. The number of benzene rings is 3. The summed E-state index contributed by atoms with van der Waals surface area (Å²) in [6.45, 7) is 0.436. The second-order valence-electron chi connectivity index (χ2n) is 6.60. The molecule has 8 heteroatoms. The van der Waals surface area contributed by atoms with Gasteiger partial charge in [0.05, 0.1) is 13.3 Å². The SMILES string of the molecule is COc1ccc(/C=N/n2c(-c3ccc(Cl)cc3)n[nH]c2=S)cc1OCc1ccccc1. The van der Waals surface area contributed by atoms with Crippen LogP contribution >= 0.6 is 23.8 Å². The number of ether oxygens (including phenoxy) is 2. The smallest absolute Gasteiger partial charge is 0.216 e. The van der Waals surface area contributed by atoms with Gasteiger partial charge in [-0.25, -0.2) is 5.10 Å². The molecule has 156 valence electrons. The first-order valence-electron chi connectivity index (χ1n) is 9.46. The number of H-pyrrole nitrogens is 1. The van der Waals surface area contributed by atoms with Crippen LogP contribution in [0.4, 0.5) is 0 Å². The van der Waals surface area contributed by atoms with E-state index in [1.54, 1.807) is 30.1 Å². The molecule has 0 aliphatic carbocycles. The third kappa shape index (κ3) is 5.02. The molecule has 0 spiro atoms. The Labute approximate surface area is 189 Å². The van der Waals surface area contributed by atoms with E-state index in [4.69, 9.17) is 33.3 Å². The number of nitrogens with one attached hydrogen (secondary N) is 1. The molecule has 0 atom stereocenters. The van der Waals surface area contributed by atoms with E-state index in [1.807, 2.05) is 60.7 Å². The van der Waals surface area contributed by atoms with Gasteiger partial charge in [-0.1, -0.05) is 41.9 Å². The Morgan fingerprint density at radius 3 is 2.58 bits per heavy atom. The summed E-state index contributed by atoms with van der Waals surface area (Å²) in [7, 11) is 1.61. The molecule has 0 radical (unpaired) electrons. The molecule has 1 N–H and O–H groups in total. The number of aromatic amines is 1. The highest BCUT2D eigenvalue weighted by atomic mass is 35.5. The van der Waals surface area contributed by atoms with E-state index in [0.717, 1.165) is 16.7 Å². The number of hydrogen-bond acceptors (Lipinski definition) is 5. The summed E-state index contributed by atoms with van der Waals surface area (Å²) in [5.74, 6) is 1.87. The van der Waals surface area contributed by atoms with Gasteiger partial charge in [0.15, 0.2) is 17.3 Å². The van der Waals surface area contributed by atoms with Crippen LogP contribution in [0.1, 0.15) is 11.1 Å². The van der Waals surface area contributed by atoms with Gasteiger partial charge in [0.25, 0.3) is 0 Å². The Balaban J connectivity index is 1.59. The Kier molecular flexibility index (Phi) is 6.45. The van der Waals surface area contributed by atoms with Crippen LogP contribution in [-0.2, 0) is 6.61 Å². The average Bonchev–Trinajstić information content (AvgIpc) is 3.17. The molecule has 0 saturated carbocycles. The summed E-state index contributed by atoms with van der Waals surface area (Å²) >= 11 is 11.3. The molecule has 4 aromatic rings. The number of rotatable bonds is 7. The Bertz CT molecular complexity index is 1250. The van der Waals surface area contributed by atoms with Crippen molar-refractivity contribution < 1.29 is 9.47 Å². The van der Waals surface area contributed by atoms with Crippen molar-refractivity contribution in [1.82, 2.24) is 14.9 Å². The van der Waals surface area contributed by atoms with Crippen molar-refractivity contribution in [3.63, 3.8) is 0 Å². The summed E-state index contributed by atoms with van der Waals surface area (Å²) < 4.78 is 13.3. The molecule has 3 aromatic carbocycles. The zero-order valence-corrected chi connectivity index (χ0v) is 18.2. The topological polar surface area (TPSA) is 64.4 Å². The van der Waals surface area contributed by atoms with Gasteiger partial charge < -0.3 is 9.47 Å². The van der Waals surface area contributed by atoms with E-state index in [2.05, 4.69) is 15.3 Å². The summed E-state index contributed by atoms with van der Waals surface area (Å²) in [6.07, 6.45) is 1.69. The molecule has 1 heterocycles. The van der Waals surface area contributed by atoms with Crippen molar-refractivity contribution in [1.29, 1.82) is 0 Å². The molecule has 0 unspecified atom stereocenters. The third-order valence-corrected chi connectivity index (χ3v) is 5.02. The fourth-order valence-corrected chi connectivity index (χ4v) is 3.24. The van der Waals surface area contributed by atoms with E-state index < -0.39 is 0 Å². The molecular formula is C23H19ClN4O2S. The Morgan fingerprint density at radius 1 is 1.06 bits per heavy atom. The van der Waals surface area contributed by atoms with Crippen LogP contribution in [0.3, 0.4) is 0 Å². The van der Waals surface area contributed by atoms with Crippen molar-refractivity contribution >= 4 is 30.0 Å². The standard InChI is InChI=1S/C23H19ClN4O2S/c1-29-20-12-7-17(13-21(20)30-15-16-5-3-2-4-6-16)14-25-28-22(26-27-23(28)31)18-8-10-19(24)11-9-18/h2-14H,15H2,1H3,(H,27,31)/b25-14+. The van der Waals surface area contributed by atoms with Gasteiger partial charge in [0, 0.05) is 10.6 Å². The van der Waals surface area contributed by atoms with Crippen LogP contribution in [-0.4, -0.2) is 28.2 Å². The lowest BCUT2D eigenvalue weighted by molar-refractivity contribution is 0.284. The van der Waals surface area contributed by atoms with E-state index in [1.165, 1.54) is 0 Å². The number of methoxy groups -OCH3 is 1. The van der Waals surface area contributed by atoms with Crippen molar-refractivity contribution in [3.05, 3.63) is 93.7 Å². The predicted molar refractivity (Wildman–Crippen MR) is 125 cm³/mol. The highest BCUT2D eigenvalue weighted by Gasteiger charge is 2.09. The molecule has 0 aliphatic rings. The number of nitrogens with zero attached hydrogens (tertiary/aromatic N) is 3. The van der Waals surface area contributed by atoms with Gasteiger partial charge in [-0.05, 0) is 65.8 Å². The molecule has 1 aromatic heterocycles. The summed E-state index contributed by atoms with van der Waals surface area (Å²) in [5.41, 5.74) is 2.74. The van der Waals surface area contributed by atoms with Crippen molar-refractivity contribution in [2.45, 2.75) is 6.61 Å². The van der Waals surface area contributed by atoms with Gasteiger partial charge in [0.2, 0.25) is 4.77 Å². The lowest BCUT2D eigenvalue weighted by Crippen LogP contribution is -1.99. The first-order valence-corrected chi connectivity index (χ1v) is 10.2. The van der Waals surface area contributed by atoms with Crippen LogP contribution in [0.2, 0.25) is 5.02 Å². The minimum Gasteiger partial charge on any atom is -0.493 e. The molecule has 4 rings (SSSR count). The van der Waals surface area contributed by atoms with Crippen LogP contribution in [0.15, 0.2) is 77.9 Å². The van der Waals surface area contributed by atoms with Crippen LogP contribution in [0, 0.1) is 4.77 Å². The van der Waals surface area contributed by atoms with E-state index in [-0.39, 0.29) is 0 Å². The largest absolute Gasteiger partial charge is 0.493 e. The van der Waals surface area contributed by atoms with Crippen molar-refractivity contribution in [2.24, 2.45) is 5.10 Å². The zero-order chi connectivity index (χ0) is 21.6. The Hall–Kier alpha value is -3.42. The first-order chi connectivity index (χ1) is 15.1. The van der Waals surface area contributed by atoms with Crippen molar-refractivity contribution in [3.8, 4) is 22.9 Å². The maximum Gasteiger partial charge on any atom is 0.216 e. The minimum absolute atomic E-state index is 0.385. The monoisotopic (exact) mass is 450 g/mol. The molecule has 0 amide bonds. The van der Waals surface area contributed by atoms with E-state index in [9.17, 15) is 0 Å². The fourth-order valence-electron chi connectivity index (χ4n) is 2.93. The number of hydrogen-bond donors (Lipinski definition) is 1. The molecule has 0 fully saturated rings. The minimum atomic E-state index is 0.385. The molecule has 6 nitrogen and oxygen atoms in total. The van der Waals surface area contributed by atoms with Gasteiger partial charge >= 0.3 is 0 Å². The third-order valence-electron chi connectivity index (χ3n) is 4.50. The fraction of sp³-hybridized carbons (Fsp3) is 0.0870. The molecule has 0 bridgehead atoms. The predicted octanol–water partition coefficient (Wildman–Crippen LogP) is 5.73. The Morgan fingerprint density at radius 2 is 1.84 bits per heavy atom. The van der Waals surface area contributed by atoms with Crippen LogP contribution in [0.5, 0.6) is 11.5 Å².